The molecule has 0 saturated heterocycles. The molecular weight excluding hydrogens is 204 g/mol. The number of thioether (sulfide) groups is 1. The van der Waals surface area contributed by atoms with Gasteiger partial charge in [-0.1, -0.05) is 11.8 Å². The van der Waals surface area contributed by atoms with Crippen LogP contribution in [0.3, 0.4) is 0 Å². The Balaban J connectivity index is 1.97. The zero-order chi connectivity index (χ0) is 9.26. The van der Waals surface area contributed by atoms with Crippen molar-refractivity contribution in [2.75, 3.05) is 5.75 Å². The van der Waals surface area contributed by atoms with Crippen LogP contribution in [0.15, 0.2) is 11.4 Å². The summed E-state index contributed by atoms with van der Waals surface area (Å²) in [4.78, 5) is 4.33. The monoisotopic (exact) mass is 216 g/mol. The number of nitrogens with zero attached hydrogens (tertiary/aromatic N) is 2. The Kier molecular flexibility index (Phi) is 2.84. The number of halogens is 1. The van der Waals surface area contributed by atoms with Crippen molar-refractivity contribution in [3.05, 3.63) is 11.9 Å². The zero-order valence-electron chi connectivity index (χ0n) is 7.66. The highest BCUT2D eigenvalue weighted by atomic mass is 35.5. The average Bonchev–Trinajstić information content (AvgIpc) is 2.89. The Morgan fingerprint density at radius 1 is 1.69 bits per heavy atom. The third-order valence-electron chi connectivity index (χ3n) is 2.32. The Labute approximate surface area is 87.7 Å². The maximum atomic E-state index is 5.75. The molecule has 0 bridgehead atoms. The third kappa shape index (κ3) is 2.20. The molecule has 1 aromatic heterocycles. The molecule has 4 heteroatoms. The molecule has 0 atom stereocenters. The average molecular weight is 217 g/mol. The van der Waals surface area contributed by atoms with Crippen LogP contribution < -0.4 is 0 Å². The second kappa shape index (κ2) is 3.93. The molecule has 2 nitrogen and oxygen atoms in total. The van der Waals surface area contributed by atoms with Gasteiger partial charge < -0.3 is 4.57 Å². The first-order chi connectivity index (χ1) is 6.31. The van der Waals surface area contributed by atoms with Crippen molar-refractivity contribution in [2.45, 2.75) is 23.9 Å². The van der Waals surface area contributed by atoms with E-state index in [1.165, 1.54) is 18.6 Å². The van der Waals surface area contributed by atoms with Gasteiger partial charge >= 0.3 is 0 Å². The minimum Gasteiger partial charge on any atom is -0.325 e. The lowest BCUT2D eigenvalue weighted by molar-refractivity contribution is 0.759. The van der Waals surface area contributed by atoms with E-state index in [-0.39, 0.29) is 0 Å². The van der Waals surface area contributed by atoms with Gasteiger partial charge in [-0.25, -0.2) is 4.98 Å². The van der Waals surface area contributed by atoms with Gasteiger partial charge in [0, 0.05) is 12.8 Å². The Hall–Kier alpha value is -0.150. The summed E-state index contributed by atoms with van der Waals surface area (Å²) in [5, 5.41) is 1.10. The van der Waals surface area contributed by atoms with Crippen LogP contribution in [0, 0.1) is 5.92 Å². The molecular formula is C9H13ClN2S. The molecule has 1 aromatic rings. The van der Waals surface area contributed by atoms with E-state index in [0.717, 1.165) is 16.8 Å². The molecule has 0 aliphatic heterocycles. The number of alkyl halides is 1. The standard InChI is InChI=1S/C9H13ClN2S/c1-12-8(4-10)5-11-9(12)13-6-7-2-3-7/h5,7H,2-4,6H2,1H3. The van der Waals surface area contributed by atoms with E-state index in [9.17, 15) is 0 Å². The van der Waals surface area contributed by atoms with Gasteiger partial charge in [0.25, 0.3) is 0 Å². The number of hydrogen-bond acceptors (Lipinski definition) is 2. The van der Waals surface area contributed by atoms with E-state index < -0.39 is 0 Å². The number of imidazole rings is 1. The minimum absolute atomic E-state index is 0.549. The van der Waals surface area contributed by atoms with Crippen LogP contribution in [0.5, 0.6) is 0 Å². The first kappa shape index (κ1) is 9.41. The highest BCUT2D eigenvalue weighted by Gasteiger charge is 2.22. The summed E-state index contributed by atoms with van der Waals surface area (Å²) in [5.41, 5.74) is 1.10. The van der Waals surface area contributed by atoms with Crippen molar-refractivity contribution >= 4 is 23.4 Å². The predicted octanol–water partition coefficient (Wildman–Crippen LogP) is 2.66. The molecule has 13 heavy (non-hydrogen) atoms. The van der Waals surface area contributed by atoms with Gasteiger partial charge in [-0.3, -0.25) is 0 Å². The summed E-state index contributed by atoms with van der Waals surface area (Å²) < 4.78 is 2.08. The molecule has 0 N–H and O–H groups in total. The van der Waals surface area contributed by atoms with Gasteiger partial charge in [-0.2, -0.15) is 0 Å². The fourth-order valence-corrected chi connectivity index (χ4v) is 2.57. The highest BCUT2D eigenvalue weighted by Crippen LogP contribution is 2.34. The molecule has 1 aliphatic carbocycles. The quantitative estimate of drug-likeness (QED) is 0.569. The first-order valence-corrected chi connectivity index (χ1v) is 6.02. The van der Waals surface area contributed by atoms with E-state index in [0.29, 0.717) is 5.88 Å². The van der Waals surface area contributed by atoms with Crippen LogP contribution in [0.4, 0.5) is 0 Å². The van der Waals surface area contributed by atoms with Gasteiger partial charge in [0.05, 0.1) is 17.8 Å². The van der Waals surface area contributed by atoms with Crippen LogP contribution in [-0.4, -0.2) is 15.3 Å². The molecule has 72 valence electrons. The molecule has 2 rings (SSSR count). The second-order valence-corrected chi connectivity index (χ2v) is 4.73. The van der Waals surface area contributed by atoms with Crippen molar-refractivity contribution in [2.24, 2.45) is 13.0 Å². The normalized spacial score (nSPS) is 16.5. The number of rotatable bonds is 4. The summed E-state index contributed by atoms with van der Waals surface area (Å²) in [6, 6.07) is 0. The topological polar surface area (TPSA) is 17.8 Å². The van der Waals surface area contributed by atoms with E-state index in [1.54, 1.807) is 0 Å². The molecule has 1 fully saturated rings. The summed E-state index contributed by atoms with van der Waals surface area (Å²) in [6.45, 7) is 0. The van der Waals surface area contributed by atoms with Crippen LogP contribution in [0.25, 0.3) is 0 Å². The largest absolute Gasteiger partial charge is 0.325 e. The molecule has 1 saturated carbocycles. The molecule has 1 aliphatic rings. The van der Waals surface area contributed by atoms with E-state index >= 15 is 0 Å². The van der Waals surface area contributed by atoms with Gasteiger partial charge in [-0.15, -0.1) is 11.6 Å². The SMILES string of the molecule is Cn1c(CCl)cnc1SCC1CC1. The maximum Gasteiger partial charge on any atom is 0.167 e. The maximum absolute atomic E-state index is 5.75. The van der Waals surface area contributed by atoms with Gasteiger partial charge in [-0.05, 0) is 18.8 Å². The van der Waals surface area contributed by atoms with Crippen LogP contribution in [0.2, 0.25) is 0 Å². The van der Waals surface area contributed by atoms with Crippen molar-refractivity contribution in [1.82, 2.24) is 9.55 Å². The summed E-state index contributed by atoms with van der Waals surface area (Å²) in [6.07, 6.45) is 4.67. The smallest absolute Gasteiger partial charge is 0.167 e. The molecule has 0 unspecified atom stereocenters. The van der Waals surface area contributed by atoms with E-state index in [4.69, 9.17) is 11.6 Å². The Bertz CT molecular complexity index is 294. The number of hydrogen-bond donors (Lipinski definition) is 0. The lowest BCUT2D eigenvalue weighted by Gasteiger charge is -2.02. The second-order valence-electron chi connectivity index (χ2n) is 3.48. The predicted molar refractivity (Wildman–Crippen MR) is 56.2 cm³/mol. The molecule has 0 amide bonds. The summed E-state index contributed by atoms with van der Waals surface area (Å²) in [7, 11) is 2.03. The van der Waals surface area contributed by atoms with Gasteiger partial charge in [0.2, 0.25) is 0 Å². The fourth-order valence-electron chi connectivity index (χ4n) is 1.16. The van der Waals surface area contributed by atoms with Gasteiger partial charge in [0.1, 0.15) is 0 Å². The molecule has 1 heterocycles. The summed E-state index contributed by atoms with van der Waals surface area (Å²) >= 11 is 7.60. The van der Waals surface area contributed by atoms with E-state index in [1.807, 2.05) is 25.0 Å². The summed E-state index contributed by atoms with van der Waals surface area (Å²) in [5.74, 6) is 2.71. The highest BCUT2D eigenvalue weighted by molar-refractivity contribution is 7.99. The third-order valence-corrected chi connectivity index (χ3v) is 3.87. The molecule has 0 aromatic carbocycles. The van der Waals surface area contributed by atoms with E-state index in [2.05, 4.69) is 9.55 Å². The van der Waals surface area contributed by atoms with Gasteiger partial charge in [0.15, 0.2) is 5.16 Å². The fraction of sp³-hybridized carbons (Fsp3) is 0.667. The molecule has 0 radical (unpaired) electrons. The van der Waals surface area contributed by atoms with Crippen molar-refractivity contribution < 1.29 is 0 Å². The van der Waals surface area contributed by atoms with Crippen LogP contribution in [-0.2, 0) is 12.9 Å². The minimum atomic E-state index is 0.549. The van der Waals surface area contributed by atoms with Crippen LogP contribution in [0.1, 0.15) is 18.5 Å². The van der Waals surface area contributed by atoms with Crippen molar-refractivity contribution in [1.29, 1.82) is 0 Å². The Morgan fingerprint density at radius 3 is 3.00 bits per heavy atom. The van der Waals surface area contributed by atoms with Crippen LogP contribution >= 0.6 is 23.4 Å². The molecule has 0 spiro atoms. The Morgan fingerprint density at radius 2 is 2.46 bits per heavy atom. The lowest BCUT2D eigenvalue weighted by Crippen LogP contribution is -1.96. The zero-order valence-corrected chi connectivity index (χ0v) is 9.24. The first-order valence-electron chi connectivity index (χ1n) is 4.50. The lowest BCUT2D eigenvalue weighted by atomic mass is 10.5. The van der Waals surface area contributed by atoms with Crippen molar-refractivity contribution in [3.8, 4) is 0 Å². The van der Waals surface area contributed by atoms with Crippen molar-refractivity contribution in [3.63, 3.8) is 0 Å². The number of aromatic nitrogens is 2.